The molecule has 0 aromatic carbocycles. The molecule has 1 aromatic heterocycles. The van der Waals surface area contributed by atoms with E-state index in [0.29, 0.717) is 6.42 Å². The lowest BCUT2D eigenvalue weighted by Crippen LogP contribution is -2.09. The summed E-state index contributed by atoms with van der Waals surface area (Å²) in [4.78, 5) is 11.0. The maximum atomic E-state index is 11.0. The molecule has 1 heterocycles. The van der Waals surface area contributed by atoms with Crippen LogP contribution in [0.5, 0.6) is 0 Å². The third kappa shape index (κ3) is 1.43. The van der Waals surface area contributed by atoms with Crippen molar-refractivity contribution >= 4 is 5.91 Å². The second-order valence-corrected chi connectivity index (χ2v) is 2.09. The maximum Gasteiger partial charge on any atom is 0.246 e. The van der Waals surface area contributed by atoms with E-state index in [1.54, 1.807) is 18.5 Å². The van der Waals surface area contributed by atoms with Crippen LogP contribution in [-0.4, -0.2) is 15.7 Å². The highest BCUT2D eigenvalue weighted by Crippen LogP contribution is 1.92. The summed E-state index contributed by atoms with van der Waals surface area (Å²) < 4.78 is 1.36. The molecule has 1 rings (SSSR count). The van der Waals surface area contributed by atoms with Crippen LogP contribution in [0.1, 0.15) is 24.6 Å². The predicted molar refractivity (Wildman–Crippen MR) is 37.8 cm³/mol. The van der Waals surface area contributed by atoms with E-state index >= 15 is 0 Å². The van der Waals surface area contributed by atoms with Gasteiger partial charge in [0.15, 0.2) is 0 Å². The molecule has 0 radical (unpaired) electrons. The Morgan fingerprint density at radius 3 is 3.00 bits per heavy atom. The van der Waals surface area contributed by atoms with Crippen molar-refractivity contribution in [2.24, 2.45) is 0 Å². The summed E-state index contributed by atoms with van der Waals surface area (Å²) in [5.74, 6) is 0.0625. The van der Waals surface area contributed by atoms with Crippen LogP contribution in [0.2, 0.25) is 0 Å². The minimum absolute atomic E-state index is 0.0625. The lowest BCUT2D eigenvalue weighted by molar-refractivity contribution is 0.0886. The Bertz CT molecular complexity index is 203. The summed E-state index contributed by atoms with van der Waals surface area (Å²) in [6.07, 6.45) is 4.71. The van der Waals surface area contributed by atoms with Crippen LogP contribution in [-0.2, 0) is 0 Å². The molecule has 0 aliphatic rings. The topological polar surface area (TPSA) is 34.9 Å². The van der Waals surface area contributed by atoms with Crippen molar-refractivity contribution in [1.82, 2.24) is 9.78 Å². The fraction of sp³-hybridized carbons (Fsp3) is 0.429. The summed E-state index contributed by atoms with van der Waals surface area (Å²) >= 11 is 0. The van der Waals surface area contributed by atoms with E-state index in [0.717, 1.165) is 6.42 Å². The Morgan fingerprint density at radius 1 is 1.70 bits per heavy atom. The molecular formula is C7H10N2O. The Kier molecular flexibility index (Phi) is 2.20. The molecule has 0 spiro atoms. The Morgan fingerprint density at radius 2 is 2.50 bits per heavy atom. The van der Waals surface area contributed by atoms with Crippen molar-refractivity contribution < 1.29 is 4.79 Å². The molecule has 0 bridgehead atoms. The third-order valence-corrected chi connectivity index (χ3v) is 1.22. The smallest absolute Gasteiger partial charge is 0.246 e. The van der Waals surface area contributed by atoms with Crippen molar-refractivity contribution in [3.63, 3.8) is 0 Å². The standard InChI is InChI=1S/C7H10N2O/c1-2-4-7(10)9-6-3-5-8-9/h3,5-6H,2,4H2,1H3. The highest BCUT2D eigenvalue weighted by Gasteiger charge is 2.00. The SMILES string of the molecule is CCCC(=O)n1cccn1. The van der Waals surface area contributed by atoms with Crippen molar-refractivity contribution in [2.75, 3.05) is 0 Å². The molecule has 0 unspecified atom stereocenters. The summed E-state index contributed by atoms with van der Waals surface area (Å²) in [6, 6.07) is 1.74. The van der Waals surface area contributed by atoms with Crippen LogP contribution in [0.25, 0.3) is 0 Å². The van der Waals surface area contributed by atoms with E-state index < -0.39 is 0 Å². The summed E-state index contributed by atoms with van der Waals surface area (Å²) in [7, 11) is 0. The zero-order valence-electron chi connectivity index (χ0n) is 5.95. The molecule has 1 aromatic rings. The molecular weight excluding hydrogens is 128 g/mol. The molecule has 0 amide bonds. The van der Waals surface area contributed by atoms with E-state index in [1.165, 1.54) is 4.68 Å². The van der Waals surface area contributed by atoms with Crippen LogP contribution in [0.4, 0.5) is 0 Å². The number of carbonyl (C=O) groups is 1. The van der Waals surface area contributed by atoms with Gasteiger partial charge in [0.2, 0.25) is 5.91 Å². The lowest BCUT2D eigenvalue weighted by atomic mass is 10.3. The van der Waals surface area contributed by atoms with Crippen LogP contribution < -0.4 is 0 Å². The normalized spacial score (nSPS) is 9.70. The highest BCUT2D eigenvalue weighted by atomic mass is 16.2. The predicted octanol–water partition coefficient (Wildman–Crippen LogP) is 1.32. The van der Waals surface area contributed by atoms with Crippen LogP contribution >= 0.6 is 0 Å². The quantitative estimate of drug-likeness (QED) is 0.617. The van der Waals surface area contributed by atoms with Crippen LogP contribution in [0.15, 0.2) is 18.5 Å². The van der Waals surface area contributed by atoms with E-state index in [1.807, 2.05) is 6.92 Å². The number of hydrogen-bond acceptors (Lipinski definition) is 2. The molecule has 0 atom stereocenters. The molecule has 0 fully saturated rings. The van der Waals surface area contributed by atoms with Gasteiger partial charge in [-0.25, -0.2) is 4.68 Å². The molecule has 0 aliphatic carbocycles. The van der Waals surface area contributed by atoms with E-state index in [9.17, 15) is 4.79 Å². The van der Waals surface area contributed by atoms with Gasteiger partial charge in [0.1, 0.15) is 0 Å². The average molecular weight is 138 g/mol. The molecule has 10 heavy (non-hydrogen) atoms. The Hall–Kier alpha value is -1.12. The Balaban J connectivity index is 2.59. The number of rotatable bonds is 2. The minimum atomic E-state index is 0.0625. The van der Waals surface area contributed by atoms with E-state index in [-0.39, 0.29) is 5.91 Å². The Labute approximate surface area is 59.7 Å². The van der Waals surface area contributed by atoms with Gasteiger partial charge in [-0.05, 0) is 12.5 Å². The molecule has 0 aliphatic heterocycles. The van der Waals surface area contributed by atoms with E-state index in [2.05, 4.69) is 5.10 Å². The molecule has 3 nitrogen and oxygen atoms in total. The molecule has 54 valence electrons. The monoisotopic (exact) mass is 138 g/mol. The van der Waals surface area contributed by atoms with Gasteiger partial charge in [-0.1, -0.05) is 6.92 Å². The van der Waals surface area contributed by atoms with Gasteiger partial charge in [-0.15, -0.1) is 0 Å². The van der Waals surface area contributed by atoms with Crippen molar-refractivity contribution in [3.8, 4) is 0 Å². The van der Waals surface area contributed by atoms with Crippen molar-refractivity contribution in [2.45, 2.75) is 19.8 Å². The van der Waals surface area contributed by atoms with Gasteiger partial charge in [0.05, 0.1) is 0 Å². The van der Waals surface area contributed by atoms with Gasteiger partial charge in [-0.3, -0.25) is 4.79 Å². The fourth-order valence-electron chi connectivity index (χ4n) is 0.745. The first-order chi connectivity index (χ1) is 4.84. The fourth-order valence-corrected chi connectivity index (χ4v) is 0.745. The second kappa shape index (κ2) is 3.15. The molecule has 3 heteroatoms. The zero-order valence-corrected chi connectivity index (χ0v) is 5.95. The number of carbonyl (C=O) groups excluding carboxylic acids is 1. The third-order valence-electron chi connectivity index (χ3n) is 1.22. The van der Waals surface area contributed by atoms with Gasteiger partial charge in [0.25, 0.3) is 0 Å². The molecule has 0 N–H and O–H groups in total. The summed E-state index contributed by atoms with van der Waals surface area (Å²) in [5, 5.41) is 3.80. The second-order valence-electron chi connectivity index (χ2n) is 2.09. The number of nitrogens with zero attached hydrogens (tertiary/aromatic N) is 2. The van der Waals surface area contributed by atoms with Crippen molar-refractivity contribution in [3.05, 3.63) is 18.5 Å². The maximum absolute atomic E-state index is 11.0. The van der Waals surface area contributed by atoms with Crippen LogP contribution in [0.3, 0.4) is 0 Å². The molecule has 0 saturated carbocycles. The number of hydrogen-bond donors (Lipinski definition) is 0. The first-order valence-electron chi connectivity index (χ1n) is 3.37. The number of aromatic nitrogens is 2. The molecule has 0 saturated heterocycles. The van der Waals surface area contributed by atoms with Crippen LogP contribution in [0, 0.1) is 0 Å². The summed E-state index contributed by atoms with van der Waals surface area (Å²) in [6.45, 7) is 1.97. The average Bonchev–Trinajstić information content (AvgIpc) is 2.38. The van der Waals surface area contributed by atoms with Gasteiger partial charge < -0.3 is 0 Å². The minimum Gasteiger partial charge on any atom is -0.273 e. The van der Waals surface area contributed by atoms with E-state index in [4.69, 9.17) is 0 Å². The first kappa shape index (κ1) is 6.99. The van der Waals surface area contributed by atoms with Crippen molar-refractivity contribution in [1.29, 1.82) is 0 Å². The lowest BCUT2D eigenvalue weighted by Gasteiger charge is -1.94. The first-order valence-corrected chi connectivity index (χ1v) is 3.37. The summed E-state index contributed by atoms with van der Waals surface area (Å²) in [5.41, 5.74) is 0. The van der Waals surface area contributed by atoms with Gasteiger partial charge in [0, 0.05) is 18.8 Å². The van der Waals surface area contributed by atoms with Gasteiger partial charge in [-0.2, -0.15) is 5.10 Å². The highest BCUT2D eigenvalue weighted by molar-refractivity contribution is 5.77. The van der Waals surface area contributed by atoms with Gasteiger partial charge >= 0.3 is 0 Å². The zero-order chi connectivity index (χ0) is 7.40. The largest absolute Gasteiger partial charge is 0.273 e.